The van der Waals surface area contributed by atoms with Crippen molar-refractivity contribution in [1.82, 2.24) is 19.6 Å². The van der Waals surface area contributed by atoms with Gasteiger partial charge in [-0.15, -0.1) is 11.8 Å². The minimum Gasteiger partial charge on any atom is -0.448 e. The van der Waals surface area contributed by atoms with E-state index in [0.717, 1.165) is 28.2 Å². The highest BCUT2D eigenvalue weighted by Gasteiger charge is 2.55. The van der Waals surface area contributed by atoms with Crippen LogP contribution in [0.5, 0.6) is 0 Å². The normalized spacial score (nSPS) is 16.6. The van der Waals surface area contributed by atoms with E-state index in [1.165, 1.54) is 16.7 Å². The number of fused-ring (bicyclic) bond motifs is 1. The number of oxime groups is 1. The third-order valence-corrected chi connectivity index (χ3v) is 11.6. The van der Waals surface area contributed by atoms with Crippen molar-refractivity contribution in [2.75, 3.05) is 11.5 Å². The molecule has 3 N–H and O–H groups in total. The van der Waals surface area contributed by atoms with Crippen LogP contribution in [0.4, 0.5) is 5.13 Å². The Kier molecular flexibility index (Phi) is 10.9. The van der Waals surface area contributed by atoms with Gasteiger partial charge in [0, 0.05) is 39.5 Å². The van der Waals surface area contributed by atoms with Crippen molar-refractivity contribution in [3.8, 4) is 0 Å². The predicted molar refractivity (Wildman–Crippen MR) is 220 cm³/mol. The Balaban J connectivity index is 1.10. The van der Waals surface area contributed by atoms with Gasteiger partial charge >= 0.3 is 5.97 Å². The second-order valence-corrected chi connectivity index (χ2v) is 15.1. The summed E-state index contributed by atoms with van der Waals surface area (Å²) < 4.78 is 10.3. The van der Waals surface area contributed by atoms with Gasteiger partial charge < -0.3 is 20.6 Å². The van der Waals surface area contributed by atoms with Gasteiger partial charge in [0.15, 0.2) is 11.2 Å². The van der Waals surface area contributed by atoms with Crippen molar-refractivity contribution < 1.29 is 28.8 Å². The largest absolute Gasteiger partial charge is 0.448 e. The van der Waals surface area contributed by atoms with Crippen LogP contribution in [-0.2, 0) is 34.4 Å². The maximum Gasteiger partial charge on any atom is 0.356 e. The van der Waals surface area contributed by atoms with Crippen LogP contribution in [0.3, 0.4) is 0 Å². The van der Waals surface area contributed by atoms with Crippen molar-refractivity contribution in [1.29, 1.82) is 0 Å². The molecule has 8 rings (SSSR count). The average molecular weight is 807 g/mol. The molecule has 0 bridgehead atoms. The number of amides is 2. The molecule has 6 aromatic rings. The third-order valence-electron chi connectivity index (χ3n) is 9.73. The number of carbonyl (C=O) groups is 4. The number of β-lactam (4-membered cyclic amide) rings is 1. The van der Waals surface area contributed by atoms with E-state index in [4.69, 9.17) is 15.3 Å². The van der Waals surface area contributed by atoms with E-state index in [0.29, 0.717) is 17.4 Å². The lowest BCUT2D eigenvalue weighted by Gasteiger charge is -2.49. The molecular formula is C44H34N6O6S2. The van der Waals surface area contributed by atoms with Gasteiger partial charge in [-0.3, -0.25) is 19.3 Å². The fraction of sp³-hybridized carbons (Fsp3) is 0.114. The van der Waals surface area contributed by atoms with Crippen LogP contribution in [0.2, 0.25) is 0 Å². The topological polar surface area (TPSA) is 166 Å². The number of aldehydes is 1. The van der Waals surface area contributed by atoms with Gasteiger partial charge in [0.1, 0.15) is 23.4 Å². The number of ether oxygens (including phenoxy) is 1. The first kappa shape index (κ1) is 38.0. The zero-order valence-electron chi connectivity index (χ0n) is 30.6. The van der Waals surface area contributed by atoms with Gasteiger partial charge in [0.25, 0.3) is 11.8 Å². The van der Waals surface area contributed by atoms with Gasteiger partial charge in [0.2, 0.25) is 17.1 Å². The van der Waals surface area contributed by atoms with Crippen LogP contribution in [-0.4, -0.2) is 61.2 Å². The number of rotatable bonds is 13. The summed E-state index contributed by atoms with van der Waals surface area (Å²) in [7, 11) is 0. The van der Waals surface area contributed by atoms with Crippen molar-refractivity contribution in [2.45, 2.75) is 23.1 Å². The summed E-state index contributed by atoms with van der Waals surface area (Å²) in [5.41, 5.74) is 7.82. The van der Waals surface area contributed by atoms with E-state index in [9.17, 15) is 19.2 Å². The van der Waals surface area contributed by atoms with E-state index in [2.05, 4.69) is 19.8 Å². The quantitative estimate of drug-likeness (QED) is 0.0352. The summed E-state index contributed by atoms with van der Waals surface area (Å²) in [5, 5.41) is 6.59. The summed E-state index contributed by atoms with van der Waals surface area (Å²) >= 11 is 2.09. The molecule has 14 heteroatoms. The summed E-state index contributed by atoms with van der Waals surface area (Å²) in [4.78, 5) is 66.7. The number of anilines is 1. The number of nitrogen functional groups attached to an aromatic ring is 1. The molecule has 2 aliphatic rings. The molecule has 288 valence electrons. The second-order valence-electron chi connectivity index (χ2n) is 13.2. The minimum atomic E-state index is -1.35. The number of hydrogen-bond acceptors (Lipinski definition) is 12. The number of benzene rings is 5. The number of aromatic nitrogens is 2. The molecule has 0 unspecified atom stereocenters. The van der Waals surface area contributed by atoms with Gasteiger partial charge in [-0.2, -0.15) is 9.36 Å². The van der Waals surface area contributed by atoms with Crippen LogP contribution < -0.4 is 11.1 Å². The number of nitrogens with two attached hydrogens (primary N) is 1. The Morgan fingerprint density at radius 2 is 1.31 bits per heavy atom. The zero-order valence-corrected chi connectivity index (χ0v) is 32.2. The summed E-state index contributed by atoms with van der Waals surface area (Å²) in [6, 6.07) is 45.6. The number of nitrogens with zero attached hydrogens (tertiary/aromatic N) is 4. The molecule has 1 aromatic heterocycles. The number of thioether (sulfide) groups is 1. The Morgan fingerprint density at radius 3 is 1.78 bits per heavy atom. The fourth-order valence-corrected chi connectivity index (χ4v) is 8.71. The maximum atomic E-state index is 14.3. The van der Waals surface area contributed by atoms with Gasteiger partial charge in [0.05, 0.1) is 0 Å². The van der Waals surface area contributed by atoms with Crippen molar-refractivity contribution in [3.05, 3.63) is 197 Å². The molecule has 58 heavy (non-hydrogen) atoms. The average Bonchev–Trinajstić information content (AvgIpc) is 3.72. The standard InChI is InChI=1S/C44H34N6O6S2/c45-43-47-38(49-58-43)34(48-56-44(31-20-10-3-11-21-31,32-22-12-4-13-23-32)33-24-14-5-15-25-33)39(52)46-35-40(53)50-36(30(26-51)27-57-41(35)50)42(54)55-37(28-16-6-1-7-17-28)29-18-8-2-9-19-29/h1-26,35,37,41H,27H2,(H,46,52)(H2,45,47,49)/b48-34+/t35-,41-/m1/s1. The highest BCUT2D eigenvalue weighted by Crippen LogP contribution is 2.43. The first-order valence-electron chi connectivity index (χ1n) is 18.2. The molecule has 0 aliphatic carbocycles. The molecule has 0 saturated carbocycles. The summed E-state index contributed by atoms with van der Waals surface area (Å²) in [6.07, 6.45) is -0.264. The van der Waals surface area contributed by atoms with Crippen molar-refractivity contribution in [2.24, 2.45) is 5.16 Å². The molecule has 5 aromatic carbocycles. The first-order chi connectivity index (χ1) is 28.4. The molecule has 1 fully saturated rings. The van der Waals surface area contributed by atoms with Crippen LogP contribution in [0, 0.1) is 0 Å². The molecular weight excluding hydrogens is 773 g/mol. The monoisotopic (exact) mass is 806 g/mol. The highest BCUT2D eigenvalue weighted by molar-refractivity contribution is 8.00. The first-order valence-corrected chi connectivity index (χ1v) is 20.0. The Hall–Kier alpha value is -6.90. The molecule has 0 radical (unpaired) electrons. The molecule has 2 amide bonds. The Morgan fingerprint density at radius 1 is 0.810 bits per heavy atom. The lowest BCUT2D eigenvalue weighted by molar-refractivity contribution is -0.154. The van der Waals surface area contributed by atoms with Crippen LogP contribution in [0.25, 0.3) is 0 Å². The lowest BCUT2D eigenvalue weighted by Crippen LogP contribution is -2.71. The molecule has 2 atom stereocenters. The van der Waals surface area contributed by atoms with Crippen LogP contribution in [0.15, 0.2) is 168 Å². The molecule has 0 spiro atoms. The number of esters is 1. The predicted octanol–water partition coefficient (Wildman–Crippen LogP) is 6.02. The van der Waals surface area contributed by atoms with Gasteiger partial charge in [-0.1, -0.05) is 157 Å². The van der Waals surface area contributed by atoms with Gasteiger partial charge in [-0.25, -0.2) is 4.79 Å². The highest BCUT2D eigenvalue weighted by atomic mass is 32.2. The molecule has 2 aliphatic heterocycles. The lowest BCUT2D eigenvalue weighted by atomic mass is 9.80. The van der Waals surface area contributed by atoms with Crippen LogP contribution >= 0.6 is 23.3 Å². The SMILES string of the molecule is Nc1nc(/C(=N\OC(c2ccccc2)(c2ccccc2)c2ccccc2)C(=O)N[C@@H]2C(=O)N3C(C(=O)OC(c4ccccc4)c4ccccc4)=C(C=O)CS[C@H]23)ns1. The minimum absolute atomic E-state index is 0.0867. The van der Waals surface area contributed by atoms with E-state index >= 15 is 0 Å². The van der Waals surface area contributed by atoms with E-state index in [1.807, 2.05) is 152 Å². The number of carbonyl (C=O) groups excluding carboxylic acids is 4. The van der Waals surface area contributed by atoms with Gasteiger partial charge in [-0.05, 0) is 11.1 Å². The Bertz CT molecular complexity index is 2370. The Labute approximate surface area is 341 Å². The fourth-order valence-electron chi connectivity index (χ4n) is 6.99. The van der Waals surface area contributed by atoms with Crippen LogP contribution in [0.1, 0.15) is 39.7 Å². The van der Waals surface area contributed by atoms with Crippen molar-refractivity contribution >= 4 is 58.2 Å². The summed E-state index contributed by atoms with van der Waals surface area (Å²) in [6.45, 7) is 0. The maximum absolute atomic E-state index is 14.3. The van der Waals surface area contributed by atoms with E-state index in [-0.39, 0.29) is 33.7 Å². The summed E-state index contributed by atoms with van der Waals surface area (Å²) in [5.74, 6) is -2.30. The number of nitrogens with one attached hydrogen (secondary N) is 1. The van der Waals surface area contributed by atoms with E-state index < -0.39 is 40.9 Å². The third kappa shape index (κ3) is 7.26. The molecule has 3 heterocycles. The smallest absolute Gasteiger partial charge is 0.356 e. The van der Waals surface area contributed by atoms with Crippen molar-refractivity contribution in [3.63, 3.8) is 0 Å². The number of hydrogen-bond donors (Lipinski definition) is 2. The zero-order chi connectivity index (χ0) is 40.1. The molecule has 12 nitrogen and oxygen atoms in total. The molecule has 1 saturated heterocycles. The second kappa shape index (κ2) is 16.7. The van der Waals surface area contributed by atoms with E-state index in [1.54, 1.807) is 0 Å².